The number of hydrogen-bond acceptors (Lipinski definition) is 5. The van der Waals surface area contributed by atoms with Gasteiger partial charge in [0.15, 0.2) is 0 Å². The number of carbonyl (C=O) groups is 2. The highest BCUT2D eigenvalue weighted by atomic mass is 35.5. The van der Waals surface area contributed by atoms with Gasteiger partial charge in [0.25, 0.3) is 11.7 Å². The number of carbonyl (C=O) groups excluding carboxylic acids is 2. The van der Waals surface area contributed by atoms with Crippen LogP contribution in [-0.2, 0) is 9.59 Å². The number of amides is 1. The molecule has 35 heavy (non-hydrogen) atoms. The van der Waals surface area contributed by atoms with E-state index < -0.39 is 17.7 Å². The van der Waals surface area contributed by atoms with E-state index in [1.807, 2.05) is 39.0 Å². The Morgan fingerprint density at radius 2 is 1.80 bits per heavy atom. The molecule has 1 aliphatic heterocycles. The summed E-state index contributed by atoms with van der Waals surface area (Å²) >= 11 is 6.42. The summed E-state index contributed by atoms with van der Waals surface area (Å²) in [5.74, 6) is -0.963. The number of nitrogens with zero attached hydrogens (tertiary/aromatic N) is 1. The number of rotatable bonds is 6. The quantitative estimate of drug-likeness (QED) is 0.260. The van der Waals surface area contributed by atoms with Crippen molar-refractivity contribution < 1.29 is 24.2 Å². The molecule has 7 heteroatoms. The second-order valence-corrected chi connectivity index (χ2v) is 8.68. The zero-order valence-electron chi connectivity index (χ0n) is 20.0. The number of benzene rings is 3. The van der Waals surface area contributed by atoms with E-state index in [0.717, 1.165) is 11.1 Å². The van der Waals surface area contributed by atoms with Gasteiger partial charge in [-0.3, -0.25) is 14.5 Å². The summed E-state index contributed by atoms with van der Waals surface area (Å²) in [4.78, 5) is 28.4. The van der Waals surface area contributed by atoms with Gasteiger partial charge < -0.3 is 14.6 Å². The number of Topliss-reactive ketones (excluding diaryl/α,β-unsaturated/α-hetero) is 1. The topological polar surface area (TPSA) is 76.1 Å². The highest BCUT2D eigenvalue weighted by Gasteiger charge is 2.48. The van der Waals surface area contributed by atoms with Crippen LogP contribution >= 0.6 is 11.6 Å². The summed E-state index contributed by atoms with van der Waals surface area (Å²) in [5.41, 5.74) is 3.02. The van der Waals surface area contributed by atoms with Gasteiger partial charge in [-0.15, -0.1) is 0 Å². The van der Waals surface area contributed by atoms with Crippen LogP contribution in [0.2, 0.25) is 5.02 Å². The molecule has 0 bridgehead atoms. The summed E-state index contributed by atoms with van der Waals surface area (Å²) < 4.78 is 11.1. The van der Waals surface area contributed by atoms with Crippen molar-refractivity contribution >= 4 is 34.7 Å². The van der Waals surface area contributed by atoms with Crippen LogP contribution in [0, 0.1) is 13.8 Å². The minimum atomic E-state index is -0.932. The fourth-order valence-corrected chi connectivity index (χ4v) is 4.54. The number of anilines is 1. The third-order valence-corrected chi connectivity index (χ3v) is 6.34. The lowest BCUT2D eigenvalue weighted by atomic mass is 9.94. The molecule has 0 saturated carbocycles. The number of ether oxygens (including phenoxy) is 2. The second-order valence-electron chi connectivity index (χ2n) is 8.28. The molecular weight excluding hydrogens is 466 g/mol. The molecule has 0 aliphatic carbocycles. The number of halogens is 1. The van der Waals surface area contributed by atoms with Gasteiger partial charge >= 0.3 is 0 Å². The number of aliphatic hydroxyl groups is 1. The molecule has 3 aromatic rings. The number of para-hydroxylation sites is 1. The minimum Gasteiger partial charge on any atom is -0.507 e. The number of ketones is 1. The van der Waals surface area contributed by atoms with E-state index >= 15 is 0 Å². The molecule has 180 valence electrons. The number of methoxy groups -OCH3 is 1. The van der Waals surface area contributed by atoms with Crippen LogP contribution in [0.1, 0.15) is 35.2 Å². The average molecular weight is 492 g/mol. The predicted octanol–water partition coefficient (Wildman–Crippen LogP) is 5.99. The van der Waals surface area contributed by atoms with Crippen LogP contribution in [0.15, 0.2) is 66.2 Å². The monoisotopic (exact) mass is 491 g/mol. The minimum absolute atomic E-state index is 0.0732. The van der Waals surface area contributed by atoms with Crippen LogP contribution in [0.5, 0.6) is 11.5 Å². The Kier molecular flexibility index (Phi) is 6.85. The highest BCUT2D eigenvalue weighted by Crippen LogP contribution is 2.46. The SMILES string of the molecule is CCOc1ccc(Cl)c(/C(O)=C2\C(=O)C(=O)N(c3cc(C)ccc3C)C2c2ccccc2OC)c1. The van der Waals surface area contributed by atoms with E-state index in [4.69, 9.17) is 21.1 Å². The Morgan fingerprint density at radius 1 is 1.06 bits per heavy atom. The molecule has 1 N–H and O–H groups in total. The average Bonchev–Trinajstić information content (AvgIpc) is 3.11. The fourth-order valence-electron chi connectivity index (χ4n) is 4.33. The first-order valence-electron chi connectivity index (χ1n) is 11.2. The van der Waals surface area contributed by atoms with Gasteiger partial charge in [-0.05, 0) is 62.2 Å². The first-order valence-corrected chi connectivity index (χ1v) is 11.6. The molecule has 0 spiro atoms. The number of aryl methyl sites for hydroxylation is 2. The molecule has 1 fully saturated rings. The van der Waals surface area contributed by atoms with E-state index in [1.165, 1.54) is 12.0 Å². The van der Waals surface area contributed by atoms with E-state index in [2.05, 4.69) is 0 Å². The van der Waals surface area contributed by atoms with Crippen molar-refractivity contribution in [3.8, 4) is 11.5 Å². The Morgan fingerprint density at radius 3 is 2.51 bits per heavy atom. The summed E-state index contributed by atoms with van der Waals surface area (Å²) in [6, 6.07) is 16.7. The Hall–Kier alpha value is -3.77. The van der Waals surface area contributed by atoms with Gasteiger partial charge in [0.1, 0.15) is 17.3 Å². The maximum atomic E-state index is 13.5. The molecule has 1 saturated heterocycles. The highest BCUT2D eigenvalue weighted by molar-refractivity contribution is 6.52. The van der Waals surface area contributed by atoms with E-state index in [1.54, 1.807) is 42.5 Å². The van der Waals surface area contributed by atoms with Crippen molar-refractivity contribution in [1.82, 2.24) is 0 Å². The largest absolute Gasteiger partial charge is 0.507 e. The molecule has 0 aromatic heterocycles. The molecule has 1 atom stereocenters. The van der Waals surface area contributed by atoms with Crippen LogP contribution in [-0.4, -0.2) is 30.5 Å². The standard InChI is InChI=1S/C28H26ClNO5/c1-5-35-18-12-13-21(29)20(15-18)26(31)24-25(19-8-6-7-9-23(19)34-4)30(28(33)27(24)32)22-14-16(2)10-11-17(22)3/h6-15,25,31H,5H2,1-4H3/b26-24+. The van der Waals surface area contributed by atoms with Gasteiger partial charge in [-0.25, -0.2) is 0 Å². The summed E-state index contributed by atoms with van der Waals surface area (Å²) in [7, 11) is 1.52. The van der Waals surface area contributed by atoms with Gasteiger partial charge in [0.2, 0.25) is 0 Å². The van der Waals surface area contributed by atoms with Crippen LogP contribution in [0.3, 0.4) is 0 Å². The molecule has 1 aliphatic rings. The van der Waals surface area contributed by atoms with Gasteiger partial charge in [0, 0.05) is 16.8 Å². The predicted molar refractivity (Wildman–Crippen MR) is 136 cm³/mol. The lowest BCUT2D eigenvalue weighted by Gasteiger charge is -2.28. The van der Waals surface area contributed by atoms with Crippen molar-refractivity contribution in [1.29, 1.82) is 0 Å². The maximum absolute atomic E-state index is 13.5. The Labute approximate surface area is 209 Å². The molecule has 6 nitrogen and oxygen atoms in total. The molecule has 0 radical (unpaired) electrons. The molecule has 1 heterocycles. The maximum Gasteiger partial charge on any atom is 0.300 e. The van der Waals surface area contributed by atoms with Gasteiger partial charge in [-0.1, -0.05) is 41.9 Å². The third-order valence-electron chi connectivity index (χ3n) is 6.01. The van der Waals surface area contributed by atoms with Crippen molar-refractivity contribution in [2.45, 2.75) is 26.8 Å². The number of aliphatic hydroxyl groups excluding tert-OH is 1. The van der Waals surface area contributed by atoms with Gasteiger partial charge in [-0.2, -0.15) is 0 Å². The zero-order chi connectivity index (χ0) is 25.3. The molecular formula is C28H26ClNO5. The second kappa shape index (κ2) is 9.84. The van der Waals surface area contributed by atoms with Crippen molar-refractivity contribution in [2.75, 3.05) is 18.6 Å². The van der Waals surface area contributed by atoms with Crippen LogP contribution < -0.4 is 14.4 Å². The van der Waals surface area contributed by atoms with Crippen molar-refractivity contribution in [2.24, 2.45) is 0 Å². The Balaban J connectivity index is 2.02. The molecule has 1 unspecified atom stereocenters. The molecule has 3 aromatic carbocycles. The van der Waals surface area contributed by atoms with E-state index in [9.17, 15) is 14.7 Å². The molecule has 4 rings (SSSR count). The number of hydrogen-bond donors (Lipinski definition) is 1. The zero-order valence-corrected chi connectivity index (χ0v) is 20.7. The van der Waals surface area contributed by atoms with Gasteiger partial charge in [0.05, 0.1) is 30.4 Å². The molecule has 1 amide bonds. The first kappa shape index (κ1) is 24.4. The van der Waals surface area contributed by atoms with E-state index in [-0.39, 0.29) is 21.9 Å². The third kappa shape index (κ3) is 4.37. The summed E-state index contributed by atoms with van der Waals surface area (Å²) in [5, 5.41) is 11.7. The summed E-state index contributed by atoms with van der Waals surface area (Å²) in [6.45, 7) is 6.04. The van der Waals surface area contributed by atoms with Crippen molar-refractivity contribution in [3.63, 3.8) is 0 Å². The van der Waals surface area contributed by atoms with Crippen LogP contribution in [0.4, 0.5) is 5.69 Å². The van der Waals surface area contributed by atoms with Crippen molar-refractivity contribution in [3.05, 3.63) is 93.5 Å². The fraction of sp³-hybridized carbons (Fsp3) is 0.214. The smallest absolute Gasteiger partial charge is 0.300 e. The Bertz CT molecular complexity index is 1350. The lowest BCUT2D eigenvalue weighted by molar-refractivity contribution is -0.132. The normalized spacial score (nSPS) is 17.1. The summed E-state index contributed by atoms with van der Waals surface area (Å²) in [6.07, 6.45) is 0. The lowest BCUT2D eigenvalue weighted by Crippen LogP contribution is -2.30. The van der Waals surface area contributed by atoms with E-state index in [0.29, 0.717) is 29.4 Å². The van der Waals surface area contributed by atoms with Crippen LogP contribution in [0.25, 0.3) is 5.76 Å². The first-order chi connectivity index (χ1) is 16.8.